The maximum atomic E-state index is 4.21. The van der Waals surface area contributed by atoms with Crippen LogP contribution < -0.4 is 0 Å². The molecule has 2 aromatic carbocycles. The number of nitrogens with zero attached hydrogens (tertiary/aromatic N) is 1. The smallest absolute Gasteiger partial charge is 0.0316 e. The van der Waals surface area contributed by atoms with Gasteiger partial charge in [-0.05, 0) is 57.1 Å². The number of hydrogen-bond donors (Lipinski definition) is 0. The highest BCUT2D eigenvalue weighted by Crippen LogP contribution is 2.37. The van der Waals surface area contributed by atoms with E-state index in [2.05, 4.69) is 87.7 Å². The molecule has 1 heteroatoms. The summed E-state index contributed by atoms with van der Waals surface area (Å²) in [6.07, 6.45) is 3.70. The maximum Gasteiger partial charge on any atom is 0.0316 e. The average Bonchev–Trinajstić information content (AvgIpc) is 3.33. The quantitative estimate of drug-likeness (QED) is 0.529. The van der Waals surface area contributed by atoms with Gasteiger partial charge in [-0.3, -0.25) is 0 Å². The van der Waals surface area contributed by atoms with Gasteiger partial charge in [-0.15, -0.1) is 0 Å². The molecule has 0 radical (unpaired) electrons. The fourth-order valence-electron chi connectivity index (χ4n) is 3.97. The molecule has 1 nitrogen and oxygen atoms in total. The van der Waals surface area contributed by atoms with Crippen LogP contribution in [0.5, 0.6) is 0 Å². The van der Waals surface area contributed by atoms with E-state index in [9.17, 15) is 0 Å². The summed E-state index contributed by atoms with van der Waals surface area (Å²) in [5, 5.41) is 0. The topological polar surface area (TPSA) is 3.24 Å². The predicted molar refractivity (Wildman–Crippen MR) is 113 cm³/mol. The molecule has 2 atom stereocenters. The normalized spacial score (nSPS) is 18.8. The second kappa shape index (κ2) is 8.12. The van der Waals surface area contributed by atoms with E-state index in [1.54, 1.807) is 0 Å². The molecule has 1 aliphatic carbocycles. The number of aryl methyl sites for hydroxylation is 2. The second-order valence-corrected chi connectivity index (χ2v) is 8.23. The molecule has 138 valence electrons. The van der Waals surface area contributed by atoms with Crippen LogP contribution in [0.2, 0.25) is 0 Å². The van der Waals surface area contributed by atoms with E-state index in [1.807, 2.05) is 0 Å². The summed E-state index contributed by atoms with van der Waals surface area (Å²) in [4.78, 5) is 2.53. The van der Waals surface area contributed by atoms with Crippen molar-refractivity contribution in [2.45, 2.75) is 58.9 Å². The highest BCUT2D eigenvalue weighted by Gasteiger charge is 2.37. The minimum atomic E-state index is 0.472. The highest BCUT2D eigenvalue weighted by molar-refractivity contribution is 5.35. The van der Waals surface area contributed by atoms with Gasteiger partial charge in [0.2, 0.25) is 0 Å². The Bertz CT molecular complexity index is 680. The zero-order valence-electron chi connectivity index (χ0n) is 16.8. The molecule has 3 rings (SSSR count). The number of benzene rings is 2. The SMILES string of the molecule is C=C(C)N(CCCC(c1ccc(C)cc1)c1ccc(C)cc1)C1CC1C. The van der Waals surface area contributed by atoms with Gasteiger partial charge in [0.15, 0.2) is 0 Å². The van der Waals surface area contributed by atoms with Gasteiger partial charge in [-0.1, -0.05) is 73.2 Å². The van der Waals surface area contributed by atoms with Crippen molar-refractivity contribution in [2.24, 2.45) is 5.92 Å². The van der Waals surface area contributed by atoms with Crippen molar-refractivity contribution >= 4 is 0 Å². The first-order valence-corrected chi connectivity index (χ1v) is 10.0. The van der Waals surface area contributed by atoms with Gasteiger partial charge in [0.05, 0.1) is 0 Å². The molecule has 0 heterocycles. The molecule has 1 saturated carbocycles. The van der Waals surface area contributed by atoms with Crippen molar-refractivity contribution in [1.82, 2.24) is 4.90 Å². The van der Waals surface area contributed by atoms with Gasteiger partial charge in [0, 0.05) is 24.2 Å². The molecule has 0 amide bonds. The Morgan fingerprint density at radius 3 is 1.85 bits per heavy atom. The number of hydrogen-bond acceptors (Lipinski definition) is 1. The van der Waals surface area contributed by atoms with E-state index < -0.39 is 0 Å². The van der Waals surface area contributed by atoms with Gasteiger partial charge < -0.3 is 4.90 Å². The molecule has 0 spiro atoms. The van der Waals surface area contributed by atoms with Crippen LogP contribution in [-0.2, 0) is 0 Å². The molecule has 0 saturated heterocycles. The third-order valence-corrected chi connectivity index (χ3v) is 5.81. The fourth-order valence-corrected chi connectivity index (χ4v) is 3.97. The van der Waals surface area contributed by atoms with Crippen molar-refractivity contribution < 1.29 is 0 Å². The summed E-state index contributed by atoms with van der Waals surface area (Å²) in [7, 11) is 0. The molecule has 1 aliphatic rings. The van der Waals surface area contributed by atoms with Crippen molar-refractivity contribution in [3.63, 3.8) is 0 Å². The van der Waals surface area contributed by atoms with Crippen LogP contribution in [-0.4, -0.2) is 17.5 Å². The molecule has 2 unspecified atom stereocenters. The van der Waals surface area contributed by atoms with Crippen LogP contribution in [0.15, 0.2) is 60.8 Å². The molecule has 0 aliphatic heterocycles. The molecule has 26 heavy (non-hydrogen) atoms. The zero-order valence-corrected chi connectivity index (χ0v) is 16.8. The van der Waals surface area contributed by atoms with Crippen LogP contribution in [0.4, 0.5) is 0 Å². The second-order valence-electron chi connectivity index (χ2n) is 8.23. The standard InChI is InChI=1S/C25H33N/c1-18(2)26(25-17-21(25)5)16-6-7-24(22-12-8-19(3)9-13-22)23-14-10-20(4)11-15-23/h8-15,21,24-25H,1,6-7,16-17H2,2-5H3. The average molecular weight is 348 g/mol. The molecular formula is C25H33N. The largest absolute Gasteiger partial charge is 0.372 e. The maximum absolute atomic E-state index is 4.21. The van der Waals surface area contributed by atoms with E-state index in [0.717, 1.165) is 18.5 Å². The van der Waals surface area contributed by atoms with E-state index in [-0.39, 0.29) is 0 Å². The molecule has 0 bridgehead atoms. The molecule has 2 aromatic rings. The van der Waals surface area contributed by atoms with Crippen molar-refractivity contribution in [3.8, 4) is 0 Å². The Hall–Kier alpha value is -2.02. The Labute approximate surface area is 159 Å². The van der Waals surface area contributed by atoms with E-state index >= 15 is 0 Å². The first-order valence-electron chi connectivity index (χ1n) is 10.0. The van der Waals surface area contributed by atoms with Gasteiger partial charge in [-0.2, -0.15) is 0 Å². The minimum Gasteiger partial charge on any atom is -0.372 e. The Morgan fingerprint density at radius 1 is 1.00 bits per heavy atom. The Kier molecular flexibility index (Phi) is 5.86. The van der Waals surface area contributed by atoms with Crippen LogP contribution in [0.3, 0.4) is 0 Å². The van der Waals surface area contributed by atoms with E-state index in [1.165, 1.54) is 47.2 Å². The predicted octanol–water partition coefficient (Wildman–Crippen LogP) is 6.46. The molecular weight excluding hydrogens is 314 g/mol. The zero-order chi connectivity index (χ0) is 18.7. The lowest BCUT2D eigenvalue weighted by Crippen LogP contribution is -2.26. The lowest BCUT2D eigenvalue weighted by molar-refractivity contribution is 0.313. The summed E-state index contributed by atoms with van der Waals surface area (Å²) in [6.45, 7) is 14.2. The summed E-state index contributed by atoms with van der Waals surface area (Å²) >= 11 is 0. The van der Waals surface area contributed by atoms with Gasteiger partial charge in [-0.25, -0.2) is 0 Å². The van der Waals surface area contributed by atoms with Crippen molar-refractivity contribution in [1.29, 1.82) is 0 Å². The third-order valence-electron chi connectivity index (χ3n) is 5.81. The third kappa shape index (κ3) is 4.58. The van der Waals surface area contributed by atoms with Crippen LogP contribution in [0.25, 0.3) is 0 Å². The van der Waals surface area contributed by atoms with Gasteiger partial charge >= 0.3 is 0 Å². The molecule has 1 fully saturated rings. The number of rotatable bonds is 8. The van der Waals surface area contributed by atoms with Crippen LogP contribution >= 0.6 is 0 Å². The minimum absolute atomic E-state index is 0.472. The summed E-state index contributed by atoms with van der Waals surface area (Å²) in [6, 6.07) is 18.9. The lowest BCUT2D eigenvalue weighted by atomic mass is 9.86. The van der Waals surface area contributed by atoms with E-state index in [4.69, 9.17) is 0 Å². The first-order chi connectivity index (χ1) is 12.5. The molecule has 0 N–H and O–H groups in total. The van der Waals surface area contributed by atoms with Gasteiger partial charge in [0.25, 0.3) is 0 Å². The van der Waals surface area contributed by atoms with Crippen LogP contribution in [0.1, 0.15) is 61.3 Å². The Balaban J connectivity index is 1.72. The summed E-state index contributed by atoms with van der Waals surface area (Å²) in [5.41, 5.74) is 6.74. The highest BCUT2D eigenvalue weighted by atomic mass is 15.2. The summed E-state index contributed by atoms with van der Waals surface area (Å²) < 4.78 is 0. The number of allylic oxidation sites excluding steroid dienone is 1. The van der Waals surface area contributed by atoms with Crippen LogP contribution in [0, 0.1) is 19.8 Å². The Morgan fingerprint density at radius 2 is 1.46 bits per heavy atom. The van der Waals surface area contributed by atoms with Gasteiger partial charge in [0.1, 0.15) is 0 Å². The first kappa shape index (κ1) is 18.8. The van der Waals surface area contributed by atoms with Crippen molar-refractivity contribution in [3.05, 3.63) is 83.1 Å². The summed E-state index contributed by atoms with van der Waals surface area (Å²) in [5.74, 6) is 1.30. The monoisotopic (exact) mass is 347 g/mol. The molecule has 0 aromatic heterocycles. The van der Waals surface area contributed by atoms with Crippen molar-refractivity contribution in [2.75, 3.05) is 6.54 Å². The van der Waals surface area contributed by atoms with E-state index in [0.29, 0.717) is 5.92 Å². The fraction of sp³-hybridized carbons (Fsp3) is 0.440. The lowest BCUT2D eigenvalue weighted by Gasteiger charge is -2.26.